The summed E-state index contributed by atoms with van der Waals surface area (Å²) in [6, 6.07) is 24.1. The van der Waals surface area contributed by atoms with Crippen LogP contribution in [0.15, 0.2) is 78.9 Å². The van der Waals surface area contributed by atoms with E-state index in [4.69, 9.17) is 4.74 Å². The summed E-state index contributed by atoms with van der Waals surface area (Å²) in [7, 11) is 0. The molecule has 0 aliphatic rings. The SMILES string of the molecule is Cc1ccc(C(=O)COC(=O)CNC(=O)C(c2ccccc2)c2ccccc2)cc1C. The Labute approximate surface area is 182 Å². The number of ether oxygens (including phenoxy) is 1. The van der Waals surface area contributed by atoms with Crippen LogP contribution in [0.4, 0.5) is 0 Å². The molecule has 5 heteroatoms. The van der Waals surface area contributed by atoms with Crippen LogP contribution in [-0.2, 0) is 14.3 Å². The van der Waals surface area contributed by atoms with Gasteiger partial charge in [-0.05, 0) is 42.2 Å². The van der Waals surface area contributed by atoms with Crippen LogP contribution in [0.3, 0.4) is 0 Å². The van der Waals surface area contributed by atoms with Gasteiger partial charge in [-0.2, -0.15) is 0 Å². The number of Topliss-reactive ketones (excluding diaryl/α,β-unsaturated/α-hetero) is 1. The average Bonchev–Trinajstić information content (AvgIpc) is 2.79. The number of hydrogen-bond donors (Lipinski definition) is 1. The Morgan fingerprint density at radius 3 is 1.94 bits per heavy atom. The molecular weight excluding hydrogens is 390 g/mol. The predicted octanol–water partition coefficient (Wildman–Crippen LogP) is 3.98. The summed E-state index contributed by atoms with van der Waals surface area (Å²) in [4.78, 5) is 37.3. The minimum Gasteiger partial charge on any atom is -0.456 e. The van der Waals surface area contributed by atoms with E-state index in [9.17, 15) is 14.4 Å². The van der Waals surface area contributed by atoms with Crippen LogP contribution in [0.2, 0.25) is 0 Å². The summed E-state index contributed by atoms with van der Waals surface area (Å²) in [5, 5.41) is 2.63. The van der Waals surface area contributed by atoms with Crippen molar-refractivity contribution >= 4 is 17.7 Å². The molecule has 158 valence electrons. The Hall–Kier alpha value is -3.73. The Balaban J connectivity index is 1.58. The normalized spacial score (nSPS) is 10.5. The van der Waals surface area contributed by atoms with Crippen molar-refractivity contribution in [2.45, 2.75) is 19.8 Å². The number of benzene rings is 3. The number of carbonyl (C=O) groups is 3. The third-order valence-corrected chi connectivity index (χ3v) is 5.13. The molecular formula is C26H25NO4. The van der Waals surface area contributed by atoms with Crippen LogP contribution < -0.4 is 5.32 Å². The van der Waals surface area contributed by atoms with Crippen LogP contribution >= 0.6 is 0 Å². The van der Waals surface area contributed by atoms with Gasteiger partial charge in [-0.15, -0.1) is 0 Å². The lowest BCUT2D eigenvalue weighted by molar-refractivity contribution is -0.142. The lowest BCUT2D eigenvalue weighted by atomic mass is 9.90. The monoisotopic (exact) mass is 415 g/mol. The summed E-state index contributed by atoms with van der Waals surface area (Å²) in [6.45, 7) is 3.21. The topological polar surface area (TPSA) is 72.5 Å². The molecule has 0 aliphatic carbocycles. The number of nitrogens with one attached hydrogen (secondary N) is 1. The fourth-order valence-electron chi connectivity index (χ4n) is 3.24. The molecule has 3 rings (SSSR count). The maximum Gasteiger partial charge on any atom is 0.325 e. The van der Waals surface area contributed by atoms with Gasteiger partial charge in [0.1, 0.15) is 6.54 Å². The molecule has 3 aromatic carbocycles. The quantitative estimate of drug-likeness (QED) is 0.446. The van der Waals surface area contributed by atoms with E-state index in [-0.39, 0.29) is 24.8 Å². The summed E-state index contributed by atoms with van der Waals surface area (Å²) in [5.74, 6) is -1.80. The second-order valence-corrected chi connectivity index (χ2v) is 7.36. The van der Waals surface area contributed by atoms with Gasteiger partial charge in [0.15, 0.2) is 12.4 Å². The zero-order valence-corrected chi connectivity index (χ0v) is 17.6. The molecule has 1 N–H and O–H groups in total. The number of esters is 1. The average molecular weight is 415 g/mol. The molecule has 0 radical (unpaired) electrons. The number of ketones is 1. The maximum absolute atomic E-state index is 12.9. The highest BCUT2D eigenvalue weighted by molar-refractivity contribution is 5.98. The smallest absolute Gasteiger partial charge is 0.325 e. The number of amides is 1. The zero-order valence-electron chi connectivity index (χ0n) is 17.6. The van der Waals surface area contributed by atoms with E-state index in [1.165, 1.54) is 0 Å². The van der Waals surface area contributed by atoms with Crippen molar-refractivity contribution in [2.24, 2.45) is 0 Å². The van der Waals surface area contributed by atoms with Gasteiger partial charge in [0, 0.05) is 5.56 Å². The molecule has 0 spiro atoms. The third kappa shape index (κ3) is 5.89. The fraction of sp³-hybridized carbons (Fsp3) is 0.192. The molecule has 0 aliphatic heterocycles. The summed E-state index contributed by atoms with van der Waals surface area (Å²) in [6.07, 6.45) is 0. The van der Waals surface area contributed by atoms with Gasteiger partial charge >= 0.3 is 5.97 Å². The second-order valence-electron chi connectivity index (χ2n) is 7.36. The molecule has 1 amide bonds. The Morgan fingerprint density at radius 1 is 0.806 bits per heavy atom. The molecule has 3 aromatic rings. The molecule has 0 heterocycles. The first-order valence-corrected chi connectivity index (χ1v) is 10.1. The highest BCUT2D eigenvalue weighted by Gasteiger charge is 2.23. The molecule has 0 aromatic heterocycles. The Bertz CT molecular complexity index is 1020. The zero-order chi connectivity index (χ0) is 22.2. The van der Waals surface area contributed by atoms with Gasteiger partial charge in [0.2, 0.25) is 5.91 Å². The van der Waals surface area contributed by atoms with Crippen molar-refractivity contribution in [1.82, 2.24) is 5.32 Å². The van der Waals surface area contributed by atoms with Gasteiger partial charge < -0.3 is 10.1 Å². The van der Waals surface area contributed by atoms with Crippen molar-refractivity contribution in [2.75, 3.05) is 13.2 Å². The van der Waals surface area contributed by atoms with E-state index in [1.54, 1.807) is 12.1 Å². The highest BCUT2D eigenvalue weighted by Crippen LogP contribution is 2.24. The minimum atomic E-state index is -0.662. The van der Waals surface area contributed by atoms with E-state index in [1.807, 2.05) is 80.6 Å². The first-order valence-electron chi connectivity index (χ1n) is 10.1. The number of hydrogen-bond acceptors (Lipinski definition) is 4. The van der Waals surface area contributed by atoms with Crippen molar-refractivity contribution in [3.63, 3.8) is 0 Å². The molecule has 0 unspecified atom stereocenters. The van der Waals surface area contributed by atoms with Gasteiger partial charge in [-0.25, -0.2) is 0 Å². The second kappa shape index (κ2) is 10.3. The molecule has 0 saturated heterocycles. The van der Waals surface area contributed by atoms with E-state index < -0.39 is 11.9 Å². The van der Waals surface area contributed by atoms with Crippen LogP contribution in [0.25, 0.3) is 0 Å². The summed E-state index contributed by atoms with van der Waals surface area (Å²) >= 11 is 0. The van der Waals surface area contributed by atoms with Crippen LogP contribution in [0, 0.1) is 13.8 Å². The van der Waals surface area contributed by atoms with Crippen LogP contribution in [0.5, 0.6) is 0 Å². The van der Waals surface area contributed by atoms with Gasteiger partial charge in [0.25, 0.3) is 0 Å². The summed E-state index contributed by atoms with van der Waals surface area (Å²) in [5.41, 5.74) is 4.22. The first-order chi connectivity index (χ1) is 15.0. The molecule has 31 heavy (non-hydrogen) atoms. The standard InChI is InChI=1S/C26H25NO4/c1-18-13-14-22(15-19(18)2)23(28)17-31-24(29)16-27-26(30)25(20-9-5-3-6-10-20)21-11-7-4-8-12-21/h3-15,25H,16-17H2,1-2H3,(H,27,30). The molecule has 0 bridgehead atoms. The van der Waals surface area contributed by atoms with Crippen molar-refractivity contribution in [3.8, 4) is 0 Å². The molecule has 0 fully saturated rings. The molecule has 5 nitrogen and oxygen atoms in total. The fourth-order valence-corrected chi connectivity index (χ4v) is 3.24. The third-order valence-electron chi connectivity index (χ3n) is 5.13. The Kier molecular flexibility index (Phi) is 7.33. The van der Waals surface area contributed by atoms with Gasteiger partial charge in [-0.3, -0.25) is 14.4 Å². The lowest BCUT2D eigenvalue weighted by Crippen LogP contribution is -2.35. The number of aryl methyl sites for hydroxylation is 2. The highest BCUT2D eigenvalue weighted by atomic mass is 16.5. The number of carbonyl (C=O) groups excluding carboxylic acids is 3. The number of rotatable bonds is 8. The lowest BCUT2D eigenvalue weighted by Gasteiger charge is -2.17. The van der Waals surface area contributed by atoms with Crippen LogP contribution in [-0.4, -0.2) is 30.8 Å². The predicted molar refractivity (Wildman–Crippen MR) is 119 cm³/mol. The summed E-state index contributed by atoms with van der Waals surface area (Å²) < 4.78 is 5.07. The van der Waals surface area contributed by atoms with Gasteiger partial charge in [-0.1, -0.05) is 72.8 Å². The van der Waals surface area contributed by atoms with E-state index >= 15 is 0 Å². The van der Waals surface area contributed by atoms with E-state index in [0.29, 0.717) is 5.56 Å². The minimum absolute atomic E-state index is 0.283. The first kappa shape index (κ1) is 22.0. The maximum atomic E-state index is 12.9. The van der Waals surface area contributed by atoms with Crippen molar-refractivity contribution in [3.05, 3.63) is 107 Å². The Morgan fingerprint density at radius 2 is 1.39 bits per heavy atom. The van der Waals surface area contributed by atoms with Crippen molar-refractivity contribution in [1.29, 1.82) is 0 Å². The largest absolute Gasteiger partial charge is 0.456 e. The van der Waals surface area contributed by atoms with Crippen molar-refractivity contribution < 1.29 is 19.1 Å². The molecule has 0 atom stereocenters. The van der Waals surface area contributed by atoms with Gasteiger partial charge in [0.05, 0.1) is 5.92 Å². The molecule has 0 saturated carbocycles. The van der Waals surface area contributed by atoms with E-state index in [2.05, 4.69) is 5.32 Å². The van der Waals surface area contributed by atoms with E-state index in [0.717, 1.165) is 22.3 Å². The van der Waals surface area contributed by atoms with Crippen LogP contribution in [0.1, 0.15) is 38.5 Å².